The van der Waals surface area contributed by atoms with E-state index in [0.717, 1.165) is 19.1 Å². The van der Waals surface area contributed by atoms with Gasteiger partial charge in [0, 0.05) is 17.0 Å². The van der Waals surface area contributed by atoms with E-state index in [1.165, 1.54) is 51.3 Å². The van der Waals surface area contributed by atoms with Gasteiger partial charge in [-0.2, -0.15) is 26.3 Å². The summed E-state index contributed by atoms with van der Waals surface area (Å²) in [4.78, 5) is 24.8. The molecular weight excluding hydrogens is 546 g/mol. The van der Waals surface area contributed by atoms with Gasteiger partial charge in [-0.3, -0.25) is 4.79 Å². The highest BCUT2D eigenvalue weighted by Gasteiger charge is 2.66. The van der Waals surface area contributed by atoms with Crippen LogP contribution in [0.1, 0.15) is 39.2 Å². The summed E-state index contributed by atoms with van der Waals surface area (Å²) < 4.78 is 105. The molecule has 216 valence electrons. The van der Waals surface area contributed by atoms with Crippen LogP contribution in [0.15, 0.2) is 51.7 Å². The summed E-state index contributed by atoms with van der Waals surface area (Å²) in [5.74, 6) is -1.48. The van der Waals surface area contributed by atoms with E-state index >= 15 is 0 Å². The van der Waals surface area contributed by atoms with Crippen molar-refractivity contribution in [3.8, 4) is 22.6 Å². The van der Waals surface area contributed by atoms with Gasteiger partial charge in [0.05, 0.1) is 24.2 Å². The monoisotopic (exact) mass is 572 g/mol. The summed E-state index contributed by atoms with van der Waals surface area (Å²) in [6, 6.07) is 8.23. The van der Waals surface area contributed by atoms with Gasteiger partial charge in [-0.05, 0) is 56.2 Å². The molecule has 4 rings (SSSR count). The first-order chi connectivity index (χ1) is 18.6. The summed E-state index contributed by atoms with van der Waals surface area (Å²) in [5, 5.41) is 0.222. The van der Waals surface area contributed by atoms with Crippen LogP contribution < -0.4 is 15.1 Å². The number of carbonyl (C=O) groups is 1. The molecule has 0 amide bonds. The Hall–Kier alpha value is -3.70. The lowest BCUT2D eigenvalue weighted by atomic mass is 9.83. The molecule has 1 saturated carbocycles. The van der Waals surface area contributed by atoms with Gasteiger partial charge in [-0.15, -0.1) is 0 Å². The quantitative estimate of drug-likeness (QED) is 0.177. The highest BCUT2D eigenvalue weighted by molar-refractivity contribution is 5.83. The maximum atomic E-state index is 14.3. The van der Waals surface area contributed by atoms with Crippen molar-refractivity contribution in [2.75, 3.05) is 7.11 Å². The Labute approximate surface area is 224 Å². The van der Waals surface area contributed by atoms with E-state index in [0.29, 0.717) is 0 Å². The molecule has 3 unspecified atom stereocenters. The number of hydrogen-bond donors (Lipinski definition) is 0. The number of carbonyl (C=O) groups excluding carboxylic acids is 1. The van der Waals surface area contributed by atoms with Crippen LogP contribution in [-0.4, -0.2) is 31.5 Å². The van der Waals surface area contributed by atoms with E-state index in [9.17, 15) is 35.9 Å². The fraction of sp³-hybridized carbons (Fsp3) is 0.429. The molecular formula is C28H26F6O6. The summed E-state index contributed by atoms with van der Waals surface area (Å²) in [6.45, 7) is 3.97. The predicted molar refractivity (Wildman–Crippen MR) is 132 cm³/mol. The lowest BCUT2D eigenvalue weighted by Crippen LogP contribution is -2.52. The standard InChI is InChI=1S/C28H26F6O6/c1-14(2)24(35)40-23-10-9-22(26(23,3)28(32,33)34)38-17-6-5-15-11-19(25(36)39-21(15)13-17)18-8-7-16(37-4)12-20(18)27(29,30)31/h5-8,11-14,22-23H,9-10H2,1-4H3. The first kappa shape index (κ1) is 29.3. The zero-order valence-corrected chi connectivity index (χ0v) is 21.9. The number of esters is 1. The normalized spacial score (nSPS) is 21.6. The third-order valence-corrected chi connectivity index (χ3v) is 7.18. The van der Waals surface area contributed by atoms with Crippen molar-refractivity contribution in [2.24, 2.45) is 11.3 Å². The molecule has 1 heterocycles. The van der Waals surface area contributed by atoms with E-state index in [1.54, 1.807) is 0 Å². The van der Waals surface area contributed by atoms with Crippen LogP contribution in [0.2, 0.25) is 0 Å². The third kappa shape index (κ3) is 5.35. The molecule has 6 nitrogen and oxygen atoms in total. The van der Waals surface area contributed by atoms with E-state index in [2.05, 4.69) is 0 Å². The fourth-order valence-corrected chi connectivity index (χ4v) is 4.75. The number of hydrogen-bond acceptors (Lipinski definition) is 6. The topological polar surface area (TPSA) is 75.0 Å². The fourth-order valence-electron chi connectivity index (χ4n) is 4.75. The number of rotatable bonds is 6. The Morgan fingerprint density at radius 1 is 0.950 bits per heavy atom. The molecule has 0 spiro atoms. The Kier molecular flexibility index (Phi) is 7.59. The largest absolute Gasteiger partial charge is 0.497 e. The van der Waals surface area contributed by atoms with Gasteiger partial charge in [0.15, 0.2) is 0 Å². The molecule has 3 atom stereocenters. The second-order valence-electron chi connectivity index (χ2n) is 10.1. The van der Waals surface area contributed by atoms with Gasteiger partial charge in [-0.25, -0.2) is 4.79 Å². The lowest BCUT2D eigenvalue weighted by molar-refractivity contribution is -0.264. The van der Waals surface area contributed by atoms with Crippen LogP contribution in [0.5, 0.6) is 11.5 Å². The number of benzene rings is 2. The van der Waals surface area contributed by atoms with Crippen LogP contribution in [-0.2, 0) is 15.7 Å². The number of alkyl halides is 6. The van der Waals surface area contributed by atoms with Gasteiger partial charge in [0.1, 0.15) is 34.7 Å². The zero-order chi connectivity index (χ0) is 29.6. The van der Waals surface area contributed by atoms with Crippen molar-refractivity contribution in [1.82, 2.24) is 0 Å². The summed E-state index contributed by atoms with van der Waals surface area (Å²) in [6.07, 6.45) is -12.6. The second kappa shape index (κ2) is 10.4. The average Bonchev–Trinajstić information content (AvgIpc) is 3.18. The molecule has 1 aliphatic carbocycles. The molecule has 0 radical (unpaired) electrons. The Morgan fingerprint density at radius 2 is 1.60 bits per heavy atom. The third-order valence-electron chi connectivity index (χ3n) is 7.18. The van der Waals surface area contributed by atoms with Gasteiger partial charge >= 0.3 is 23.9 Å². The molecule has 1 aromatic heterocycles. The van der Waals surface area contributed by atoms with Crippen molar-refractivity contribution in [1.29, 1.82) is 0 Å². The smallest absolute Gasteiger partial charge is 0.417 e. The highest BCUT2D eigenvalue weighted by atomic mass is 19.4. The minimum Gasteiger partial charge on any atom is -0.497 e. The van der Waals surface area contributed by atoms with Crippen LogP contribution in [0.25, 0.3) is 22.1 Å². The molecule has 3 aromatic rings. The Morgan fingerprint density at radius 3 is 2.20 bits per heavy atom. The minimum absolute atomic E-state index is 0.0537. The Balaban J connectivity index is 1.68. The second-order valence-corrected chi connectivity index (χ2v) is 10.1. The number of ether oxygens (including phenoxy) is 3. The van der Waals surface area contributed by atoms with E-state index in [4.69, 9.17) is 18.6 Å². The van der Waals surface area contributed by atoms with Gasteiger partial charge in [0.25, 0.3) is 0 Å². The maximum absolute atomic E-state index is 14.3. The molecule has 0 saturated heterocycles. The number of fused-ring (bicyclic) bond motifs is 1. The van der Waals surface area contributed by atoms with E-state index in [-0.39, 0.29) is 40.9 Å². The van der Waals surface area contributed by atoms with Crippen molar-refractivity contribution < 1.29 is 49.8 Å². The first-order valence-electron chi connectivity index (χ1n) is 12.3. The maximum Gasteiger partial charge on any atom is 0.417 e. The molecule has 1 fully saturated rings. The van der Waals surface area contributed by atoms with E-state index < -0.39 is 58.6 Å². The van der Waals surface area contributed by atoms with Gasteiger partial charge in [0.2, 0.25) is 0 Å². The van der Waals surface area contributed by atoms with Crippen LogP contribution in [0.4, 0.5) is 26.3 Å². The molecule has 2 aromatic carbocycles. The molecule has 1 aliphatic rings. The van der Waals surface area contributed by atoms with Crippen molar-refractivity contribution in [3.05, 3.63) is 58.4 Å². The molecule has 40 heavy (non-hydrogen) atoms. The molecule has 0 aliphatic heterocycles. The average molecular weight is 572 g/mol. The van der Waals surface area contributed by atoms with Crippen LogP contribution in [0, 0.1) is 11.3 Å². The van der Waals surface area contributed by atoms with Crippen molar-refractivity contribution in [2.45, 2.75) is 58.2 Å². The van der Waals surface area contributed by atoms with Crippen molar-refractivity contribution in [3.63, 3.8) is 0 Å². The summed E-state index contributed by atoms with van der Waals surface area (Å²) in [7, 11) is 1.21. The first-order valence-corrected chi connectivity index (χ1v) is 12.3. The van der Waals surface area contributed by atoms with Gasteiger partial charge in [-0.1, -0.05) is 13.8 Å². The van der Waals surface area contributed by atoms with Crippen LogP contribution in [0.3, 0.4) is 0 Å². The van der Waals surface area contributed by atoms with E-state index in [1.807, 2.05) is 0 Å². The SMILES string of the molecule is COc1ccc(-c2cc3ccc(OC4CCC(OC(=O)C(C)C)C4(C)C(F)(F)F)cc3oc2=O)c(C(F)(F)F)c1. The number of halogens is 6. The molecule has 12 heteroatoms. The lowest BCUT2D eigenvalue weighted by Gasteiger charge is -2.37. The highest BCUT2D eigenvalue weighted by Crippen LogP contribution is 2.53. The Bertz CT molecular complexity index is 1470. The minimum atomic E-state index is -4.79. The van der Waals surface area contributed by atoms with Crippen molar-refractivity contribution >= 4 is 16.9 Å². The number of methoxy groups -OCH3 is 1. The van der Waals surface area contributed by atoms with Crippen LogP contribution >= 0.6 is 0 Å². The predicted octanol–water partition coefficient (Wildman–Crippen LogP) is 7.17. The van der Waals surface area contributed by atoms with Gasteiger partial charge < -0.3 is 18.6 Å². The summed E-state index contributed by atoms with van der Waals surface area (Å²) >= 11 is 0. The summed E-state index contributed by atoms with van der Waals surface area (Å²) in [5.41, 5.74) is -5.56. The molecule has 0 bridgehead atoms. The molecule has 0 N–H and O–H groups in total. The zero-order valence-electron chi connectivity index (χ0n) is 21.9.